The van der Waals surface area contributed by atoms with E-state index in [9.17, 15) is 4.79 Å². The highest BCUT2D eigenvalue weighted by molar-refractivity contribution is 6.07. The molecule has 1 atom stereocenters. The normalized spacial score (nSPS) is 25.4. The summed E-state index contributed by atoms with van der Waals surface area (Å²) in [4.78, 5) is 19.8. The van der Waals surface area contributed by atoms with Crippen LogP contribution in [-0.4, -0.2) is 37.0 Å². The van der Waals surface area contributed by atoms with Crippen molar-refractivity contribution >= 4 is 11.9 Å². The molecule has 150 valence electrons. The maximum Gasteiger partial charge on any atom is 0.261 e. The van der Waals surface area contributed by atoms with Gasteiger partial charge in [0.15, 0.2) is 11.5 Å². The number of nitrogens with zero attached hydrogens (tertiary/aromatic N) is 2. The Morgan fingerprint density at radius 3 is 2.55 bits per heavy atom. The van der Waals surface area contributed by atoms with E-state index >= 15 is 0 Å². The molecule has 0 bridgehead atoms. The zero-order valence-corrected chi connectivity index (χ0v) is 17.1. The third-order valence-corrected chi connectivity index (χ3v) is 6.96. The molecule has 0 saturated carbocycles. The number of carbonyl (C=O) groups excluding carboxylic acids is 1. The molecule has 0 radical (unpaired) electrons. The van der Waals surface area contributed by atoms with E-state index in [1.54, 1.807) is 7.05 Å². The SMILES string of the molecule is Cc1cccc(-c2ccc3c(c2)C2(CC4(CCOCC4)C3)N=C(N)N(C)C2=O)c1. The van der Waals surface area contributed by atoms with Crippen molar-refractivity contribution < 1.29 is 9.53 Å². The predicted octanol–water partition coefficient (Wildman–Crippen LogP) is 3.39. The average molecular weight is 389 g/mol. The van der Waals surface area contributed by atoms with Crippen molar-refractivity contribution in [3.63, 3.8) is 0 Å². The van der Waals surface area contributed by atoms with Gasteiger partial charge in [0.1, 0.15) is 0 Å². The number of aryl methyl sites for hydroxylation is 1. The quantitative estimate of drug-likeness (QED) is 0.813. The summed E-state index contributed by atoms with van der Waals surface area (Å²) in [6, 6.07) is 15.0. The van der Waals surface area contributed by atoms with Crippen LogP contribution in [0.25, 0.3) is 11.1 Å². The van der Waals surface area contributed by atoms with E-state index in [1.165, 1.54) is 16.0 Å². The second kappa shape index (κ2) is 6.42. The highest BCUT2D eigenvalue weighted by Gasteiger charge is 2.56. The van der Waals surface area contributed by atoms with Gasteiger partial charge in [-0.3, -0.25) is 9.69 Å². The van der Waals surface area contributed by atoms with Crippen LogP contribution in [-0.2, 0) is 21.5 Å². The first kappa shape index (κ1) is 18.4. The standard InChI is InChI=1S/C24H27N3O2/c1-16-4-3-5-17(12-16)18-6-7-19-14-23(8-10-29-11-9-23)15-24(20(19)13-18)21(28)27(2)22(25)26-24/h3-7,12-13H,8-11,14-15H2,1-2H3,(H2,25,26). The van der Waals surface area contributed by atoms with Gasteiger partial charge in [0.05, 0.1) is 0 Å². The molecule has 1 amide bonds. The summed E-state index contributed by atoms with van der Waals surface area (Å²) in [7, 11) is 1.73. The predicted molar refractivity (Wildman–Crippen MR) is 113 cm³/mol. The fraction of sp³-hybridized carbons (Fsp3) is 0.417. The highest BCUT2D eigenvalue weighted by atomic mass is 16.5. The van der Waals surface area contributed by atoms with E-state index in [2.05, 4.69) is 49.4 Å². The molecule has 2 N–H and O–H groups in total. The average Bonchev–Trinajstić information content (AvgIpc) is 2.92. The Balaban J connectivity index is 1.69. The summed E-state index contributed by atoms with van der Waals surface area (Å²) < 4.78 is 5.64. The summed E-state index contributed by atoms with van der Waals surface area (Å²) in [6.45, 7) is 3.59. The molecule has 0 aromatic heterocycles. The molecule has 2 heterocycles. The van der Waals surface area contributed by atoms with Crippen LogP contribution in [0.1, 0.15) is 36.0 Å². The van der Waals surface area contributed by atoms with Gasteiger partial charge in [-0.15, -0.1) is 0 Å². The number of guanidine groups is 1. The van der Waals surface area contributed by atoms with Gasteiger partial charge in [-0.1, -0.05) is 42.0 Å². The van der Waals surface area contributed by atoms with Gasteiger partial charge in [-0.05, 0) is 66.3 Å². The number of nitrogens with two attached hydrogens (primary N) is 1. The van der Waals surface area contributed by atoms with Gasteiger partial charge in [0.25, 0.3) is 5.91 Å². The van der Waals surface area contributed by atoms with Crippen LogP contribution in [0.5, 0.6) is 0 Å². The van der Waals surface area contributed by atoms with Crippen LogP contribution in [0.2, 0.25) is 0 Å². The molecule has 2 aromatic rings. The summed E-state index contributed by atoms with van der Waals surface area (Å²) >= 11 is 0. The molecule has 2 aliphatic heterocycles. The molecule has 1 unspecified atom stereocenters. The van der Waals surface area contributed by atoms with Crippen molar-refractivity contribution in [3.05, 3.63) is 59.2 Å². The minimum absolute atomic E-state index is 0.0109. The van der Waals surface area contributed by atoms with Crippen molar-refractivity contribution in [2.24, 2.45) is 16.1 Å². The molecular formula is C24H27N3O2. The molecule has 1 fully saturated rings. The second-order valence-corrected chi connectivity index (χ2v) is 8.90. The first-order valence-corrected chi connectivity index (χ1v) is 10.3. The molecule has 2 aromatic carbocycles. The number of likely N-dealkylation sites (N-methyl/N-ethyl adjacent to an activating group) is 1. The third-order valence-electron chi connectivity index (χ3n) is 6.96. The topological polar surface area (TPSA) is 67.9 Å². The second-order valence-electron chi connectivity index (χ2n) is 8.90. The van der Waals surface area contributed by atoms with Crippen LogP contribution in [0.4, 0.5) is 0 Å². The molecular weight excluding hydrogens is 362 g/mol. The zero-order chi connectivity index (χ0) is 20.2. The minimum atomic E-state index is -0.913. The van der Waals surface area contributed by atoms with E-state index in [0.717, 1.165) is 49.2 Å². The Morgan fingerprint density at radius 2 is 1.86 bits per heavy atom. The summed E-state index contributed by atoms with van der Waals surface area (Å²) in [5.41, 5.74) is 11.0. The Bertz CT molecular complexity index is 1020. The first-order valence-electron chi connectivity index (χ1n) is 10.3. The Kier molecular flexibility index (Phi) is 4.07. The lowest BCUT2D eigenvalue weighted by Gasteiger charge is -2.47. The van der Waals surface area contributed by atoms with Crippen molar-refractivity contribution in [2.45, 2.75) is 38.1 Å². The number of carbonyl (C=O) groups is 1. The fourth-order valence-electron chi connectivity index (χ4n) is 5.37. The maximum absolute atomic E-state index is 13.5. The summed E-state index contributed by atoms with van der Waals surface area (Å²) in [6.07, 6.45) is 3.59. The minimum Gasteiger partial charge on any atom is -0.381 e. The van der Waals surface area contributed by atoms with E-state index in [0.29, 0.717) is 12.4 Å². The first-order chi connectivity index (χ1) is 13.9. The molecule has 3 aliphatic rings. The van der Waals surface area contributed by atoms with Crippen molar-refractivity contribution in [3.8, 4) is 11.1 Å². The smallest absolute Gasteiger partial charge is 0.261 e. The molecule has 2 spiro atoms. The number of amides is 1. The highest BCUT2D eigenvalue weighted by Crippen LogP contribution is 2.54. The molecule has 5 nitrogen and oxygen atoms in total. The largest absolute Gasteiger partial charge is 0.381 e. The number of rotatable bonds is 1. The van der Waals surface area contributed by atoms with E-state index in [1.807, 2.05) is 0 Å². The summed E-state index contributed by atoms with van der Waals surface area (Å²) in [5.74, 6) is 0.300. The van der Waals surface area contributed by atoms with Gasteiger partial charge < -0.3 is 10.5 Å². The number of fused-ring (bicyclic) bond motifs is 2. The molecule has 5 heteroatoms. The van der Waals surface area contributed by atoms with Crippen LogP contribution in [0.15, 0.2) is 47.5 Å². The monoisotopic (exact) mass is 389 g/mol. The van der Waals surface area contributed by atoms with Gasteiger partial charge in [0, 0.05) is 20.3 Å². The van der Waals surface area contributed by atoms with Crippen LogP contribution >= 0.6 is 0 Å². The van der Waals surface area contributed by atoms with Crippen LogP contribution in [0.3, 0.4) is 0 Å². The number of ether oxygens (including phenoxy) is 1. The van der Waals surface area contributed by atoms with E-state index in [4.69, 9.17) is 15.5 Å². The van der Waals surface area contributed by atoms with Crippen LogP contribution < -0.4 is 5.73 Å². The lowest BCUT2D eigenvalue weighted by molar-refractivity contribution is -0.133. The van der Waals surface area contributed by atoms with Crippen LogP contribution in [0, 0.1) is 12.3 Å². The van der Waals surface area contributed by atoms with Gasteiger partial charge in [0.2, 0.25) is 0 Å². The van der Waals surface area contributed by atoms with Gasteiger partial charge in [-0.25, -0.2) is 4.99 Å². The number of hydrogen-bond donors (Lipinski definition) is 1. The fourth-order valence-corrected chi connectivity index (χ4v) is 5.37. The Hall–Kier alpha value is -2.66. The lowest BCUT2D eigenvalue weighted by Crippen LogP contribution is -2.49. The summed E-state index contributed by atoms with van der Waals surface area (Å²) in [5, 5.41) is 0. The molecule has 29 heavy (non-hydrogen) atoms. The van der Waals surface area contributed by atoms with Gasteiger partial charge in [-0.2, -0.15) is 0 Å². The zero-order valence-electron chi connectivity index (χ0n) is 17.1. The molecule has 1 saturated heterocycles. The number of hydrogen-bond acceptors (Lipinski definition) is 4. The van der Waals surface area contributed by atoms with E-state index < -0.39 is 5.54 Å². The number of benzene rings is 2. The lowest BCUT2D eigenvalue weighted by atomic mass is 9.60. The Morgan fingerprint density at radius 1 is 1.10 bits per heavy atom. The third kappa shape index (κ3) is 2.79. The van der Waals surface area contributed by atoms with Crippen molar-refractivity contribution in [2.75, 3.05) is 20.3 Å². The van der Waals surface area contributed by atoms with Crippen molar-refractivity contribution in [1.29, 1.82) is 0 Å². The number of aliphatic imine (C=N–C) groups is 1. The van der Waals surface area contributed by atoms with Gasteiger partial charge >= 0.3 is 0 Å². The molecule has 5 rings (SSSR count). The molecule has 1 aliphatic carbocycles. The maximum atomic E-state index is 13.5. The van der Waals surface area contributed by atoms with E-state index in [-0.39, 0.29) is 11.3 Å². The van der Waals surface area contributed by atoms with Crippen molar-refractivity contribution in [1.82, 2.24) is 4.90 Å². The Labute approximate surface area is 171 Å².